The number of carbonyl (C=O) groups is 2. The first-order valence-electron chi connectivity index (χ1n) is 10.3. The van der Waals surface area contributed by atoms with Crippen LogP contribution in [0.25, 0.3) is 0 Å². The molecular weight excluding hydrogens is 467 g/mol. The van der Waals surface area contributed by atoms with Crippen LogP contribution in [0.2, 0.25) is 0 Å². The number of sulfonamides is 1. The number of nitrogens with two attached hydrogens (primary N) is 2. The maximum atomic E-state index is 13.8. The van der Waals surface area contributed by atoms with Gasteiger partial charge >= 0.3 is 0 Å². The summed E-state index contributed by atoms with van der Waals surface area (Å²) >= 11 is 0. The van der Waals surface area contributed by atoms with Crippen LogP contribution in [0, 0.1) is 12.7 Å². The Morgan fingerprint density at radius 2 is 1.94 bits per heavy atom. The van der Waals surface area contributed by atoms with Crippen LogP contribution >= 0.6 is 0 Å². The van der Waals surface area contributed by atoms with Crippen LogP contribution in [-0.4, -0.2) is 43.7 Å². The number of anilines is 1. The molecule has 0 aliphatic carbocycles. The van der Waals surface area contributed by atoms with Crippen molar-refractivity contribution in [2.75, 3.05) is 11.3 Å². The third-order valence-electron chi connectivity index (χ3n) is 4.74. The Morgan fingerprint density at radius 1 is 1.24 bits per heavy atom. The van der Waals surface area contributed by atoms with E-state index in [1.807, 2.05) is 0 Å². The van der Waals surface area contributed by atoms with Gasteiger partial charge in [0.05, 0.1) is 11.8 Å². The summed E-state index contributed by atoms with van der Waals surface area (Å²) in [7, 11) is -4.11. The van der Waals surface area contributed by atoms with Gasteiger partial charge in [-0.15, -0.1) is 0 Å². The van der Waals surface area contributed by atoms with E-state index >= 15 is 0 Å². The molecule has 6 N–H and O–H groups in total. The zero-order chi connectivity index (χ0) is 25.3. The minimum atomic E-state index is -4.11. The van der Waals surface area contributed by atoms with Gasteiger partial charge in [0.25, 0.3) is 5.56 Å². The van der Waals surface area contributed by atoms with E-state index < -0.39 is 45.6 Å². The van der Waals surface area contributed by atoms with Crippen LogP contribution in [0.5, 0.6) is 0 Å². The Hall–Kier alpha value is -3.74. The molecule has 2 aromatic rings. The van der Waals surface area contributed by atoms with E-state index in [1.165, 1.54) is 30.3 Å². The average Bonchev–Trinajstić information content (AvgIpc) is 2.76. The summed E-state index contributed by atoms with van der Waals surface area (Å²) in [6, 6.07) is 7.31. The molecule has 0 aliphatic heterocycles. The number of nitrogens with one attached hydrogen (secondary N) is 2. The largest absolute Gasteiger partial charge is 0.370 e. The van der Waals surface area contributed by atoms with Crippen molar-refractivity contribution >= 4 is 33.9 Å². The van der Waals surface area contributed by atoms with Gasteiger partial charge in [-0.25, -0.2) is 12.8 Å². The van der Waals surface area contributed by atoms with Gasteiger partial charge < -0.3 is 26.1 Å². The second-order valence-corrected chi connectivity index (χ2v) is 9.21. The topological polar surface area (TPSA) is 179 Å². The first kappa shape index (κ1) is 26.5. The van der Waals surface area contributed by atoms with E-state index in [1.54, 1.807) is 6.92 Å². The number of aryl methyl sites for hydroxylation is 1. The van der Waals surface area contributed by atoms with E-state index in [-0.39, 0.29) is 30.2 Å². The summed E-state index contributed by atoms with van der Waals surface area (Å²) in [5.41, 5.74) is 9.75. The van der Waals surface area contributed by atoms with Crippen molar-refractivity contribution in [1.82, 2.24) is 9.88 Å². The normalized spacial score (nSPS) is 11.9. The van der Waals surface area contributed by atoms with Gasteiger partial charge in [-0.05, 0) is 38.0 Å². The summed E-state index contributed by atoms with van der Waals surface area (Å²) in [6.07, 6.45) is 1.30. The first-order valence-corrected chi connectivity index (χ1v) is 11.9. The van der Waals surface area contributed by atoms with Crippen molar-refractivity contribution in [2.45, 2.75) is 38.1 Å². The number of amides is 1. The Kier molecular flexibility index (Phi) is 9.30. The molecule has 34 heavy (non-hydrogen) atoms. The molecule has 0 bridgehead atoms. The lowest BCUT2D eigenvalue weighted by Gasteiger charge is -2.16. The van der Waals surface area contributed by atoms with Crippen molar-refractivity contribution < 1.29 is 22.4 Å². The third kappa shape index (κ3) is 7.99. The van der Waals surface area contributed by atoms with Crippen LogP contribution in [0.1, 0.15) is 24.1 Å². The van der Waals surface area contributed by atoms with Crippen molar-refractivity contribution in [1.29, 1.82) is 0 Å². The third-order valence-corrected chi connectivity index (χ3v) is 5.96. The molecule has 0 aliphatic rings. The second-order valence-electron chi connectivity index (χ2n) is 7.49. The van der Waals surface area contributed by atoms with Gasteiger partial charge in [-0.1, -0.05) is 18.2 Å². The SMILES string of the molecule is Cc1ccc(NS(=O)(=O)Cc2ccccc2F)c(=O)n1CC(=O)N[C@H](C=O)CCCN=C(N)N. The number of pyridine rings is 1. The monoisotopic (exact) mass is 494 g/mol. The zero-order valence-corrected chi connectivity index (χ0v) is 19.3. The number of carbonyl (C=O) groups excluding carboxylic acids is 2. The van der Waals surface area contributed by atoms with Gasteiger partial charge in [-0.3, -0.25) is 19.3 Å². The predicted octanol–water partition coefficient (Wildman–Crippen LogP) is -0.0250. The molecule has 0 unspecified atom stereocenters. The quantitative estimate of drug-likeness (QED) is 0.138. The highest BCUT2D eigenvalue weighted by atomic mass is 32.2. The lowest BCUT2D eigenvalue weighted by atomic mass is 10.2. The Labute approximate surface area is 196 Å². The summed E-state index contributed by atoms with van der Waals surface area (Å²) in [6.45, 7) is 1.42. The van der Waals surface area contributed by atoms with Crippen LogP contribution in [0.3, 0.4) is 0 Å². The summed E-state index contributed by atoms with van der Waals surface area (Å²) in [5, 5.41) is 2.51. The Morgan fingerprint density at radius 3 is 2.59 bits per heavy atom. The minimum absolute atomic E-state index is 0.0541. The number of rotatable bonds is 12. The molecule has 2 rings (SSSR count). The number of hydrogen-bond donors (Lipinski definition) is 4. The van der Waals surface area contributed by atoms with E-state index in [2.05, 4.69) is 15.0 Å². The smallest absolute Gasteiger partial charge is 0.275 e. The number of aromatic nitrogens is 1. The number of halogens is 1. The van der Waals surface area contributed by atoms with Crippen LogP contribution in [0.4, 0.5) is 10.1 Å². The van der Waals surface area contributed by atoms with E-state index in [0.29, 0.717) is 18.4 Å². The fraction of sp³-hybridized carbons (Fsp3) is 0.333. The first-order chi connectivity index (χ1) is 16.0. The van der Waals surface area contributed by atoms with Crippen LogP contribution < -0.4 is 27.1 Å². The maximum Gasteiger partial charge on any atom is 0.275 e. The van der Waals surface area contributed by atoms with Crippen LogP contribution in [-0.2, 0) is 31.9 Å². The molecule has 0 saturated carbocycles. The van der Waals surface area contributed by atoms with Gasteiger partial charge in [0.1, 0.15) is 24.3 Å². The molecule has 0 radical (unpaired) electrons. The summed E-state index contributed by atoms with van der Waals surface area (Å²) < 4.78 is 42.0. The van der Waals surface area contributed by atoms with Gasteiger partial charge in [0.15, 0.2) is 5.96 Å². The highest BCUT2D eigenvalue weighted by Gasteiger charge is 2.19. The summed E-state index contributed by atoms with van der Waals surface area (Å²) in [4.78, 5) is 40.3. The number of hydrogen-bond acceptors (Lipinski definition) is 6. The molecule has 184 valence electrons. The Bertz CT molecular complexity index is 1220. The van der Waals surface area contributed by atoms with E-state index in [9.17, 15) is 27.2 Å². The molecule has 0 fully saturated rings. The molecule has 1 aromatic heterocycles. The number of nitrogens with zero attached hydrogens (tertiary/aromatic N) is 2. The molecule has 1 atom stereocenters. The molecule has 11 nitrogen and oxygen atoms in total. The Balaban J connectivity index is 2.10. The highest BCUT2D eigenvalue weighted by Crippen LogP contribution is 2.13. The zero-order valence-electron chi connectivity index (χ0n) is 18.5. The molecule has 1 heterocycles. The molecular formula is C21H27FN6O5S. The summed E-state index contributed by atoms with van der Waals surface area (Å²) in [5.74, 6) is -2.05. The lowest BCUT2D eigenvalue weighted by Crippen LogP contribution is -2.40. The van der Waals surface area contributed by atoms with Crippen molar-refractivity contribution in [2.24, 2.45) is 16.5 Å². The molecule has 13 heteroatoms. The number of aliphatic imine (C=N–C) groups is 1. The maximum absolute atomic E-state index is 13.8. The highest BCUT2D eigenvalue weighted by molar-refractivity contribution is 7.91. The standard InChI is InChI=1S/C21H27FN6O5S/c1-14-8-9-18(27-34(32,33)13-15-5-2-3-7-17(15)22)20(31)28(14)11-19(30)26-16(12-29)6-4-10-25-21(23)24/h2-3,5,7-9,12,16,27H,4,6,10-11,13H2,1H3,(H,26,30)(H4,23,24,25)/t16-/m0/s1. The van der Waals surface area contributed by atoms with Crippen molar-refractivity contribution in [3.63, 3.8) is 0 Å². The number of aldehydes is 1. The number of benzene rings is 1. The van der Waals surface area contributed by atoms with Crippen LogP contribution in [0.15, 0.2) is 46.2 Å². The van der Waals surface area contributed by atoms with Gasteiger partial charge in [-0.2, -0.15) is 0 Å². The predicted molar refractivity (Wildman–Crippen MR) is 126 cm³/mol. The average molecular weight is 495 g/mol. The van der Waals surface area contributed by atoms with Crippen molar-refractivity contribution in [3.05, 3.63) is 63.8 Å². The van der Waals surface area contributed by atoms with Gasteiger partial charge in [0, 0.05) is 17.8 Å². The molecule has 0 saturated heterocycles. The fourth-order valence-corrected chi connectivity index (χ4v) is 4.26. The minimum Gasteiger partial charge on any atom is -0.370 e. The number of guanidine groups is 1. The van der Waals surface area contributed by atoms with Crippen molar-refractivity contribution in [3.8, 4) is 0 Å². The molecule has 0 spiro atoms. The lowest BCUT2D eigenvalue weighted by molar-refractivity contribution is -0.124. The van der Waals surface area contributed by atoms with E-state index in [4.69, 9.17) is 11.5 Å². The fourth-order valence-electron chi connectivity index (χ4n) is 3.06. The van der Waals surface area contributed by atoms with E-state index in [0.717, 1.165) is 10.6 Å². The molecule has 1 aromatic carbocycles. The van der Waals surface area contributed by atoms with Gasteiger partial charge in [0.2, 0.25) is 15.9 Å². The second kappa shape index (κ2) is 11.9. The molecule has 1 amide bonds.